The summed E-state index contributed by atoms with van der Waals surface area (Å²) >= 11 is 0. The molecule has 3 aromatic heterocycles. The van der Waals surface area contributed by atoms with Crippen LogP contribution in [0.3, 0.4) is 0 Å². The molecule has 136 valence electrons. The van der Waals surface area contributed by atoms with Gasteiger partial charge in [-0.3, -0.25) is 9.89 Å². The van der Waals surface area contributed by atoms with E-state index in [1.165, 1.54) is 6.42 Å². The second kappa shape index (κ2) is 5.94. The van der Waals surface area contributed by atoms with Gasteiger partial charge in [-0.25, -0.2) is 14.5 Å². The van der Waals surface area contributed by atoms with Gasteiger partial charge in [-0.05, 0) is 45.1 Å². The highest BCUT2D eigenvalue weighted by molar-refractivity contribution is 5.80. The molecule has 6 nitrogen and oxygen atoms in total. The number of nitrogens with zero attached hydrogens (tertiary/aromatic N) is 3. The highest BCUT2D eigenvalue weighted by Crippen LogP contribution is 2.28. The van der Waals surface area contributed by atoms with E-state index in [2.05, 4.69) is 10.1 Å². The van der Waals surface area contributed by atoms with Crippen LogP contribution in [0.4, 0.5) is 0 Å². The van der Waals surface area contributed by atoms with E-state index < -0.39 is 0 Å². The molecule has 27 heavy (non-hydrogen) atoms. The molecule has 1 aliphatic carbocycles. The third-order valence-electron chi connectivity index (χ3n) is 5.40. The number of hydrogen-bond acceptors (Lipinski definition) is 3. The fraction of sp³-hybridized carbons (Fsp3) is 0.286. The van der Waals surface area contributed by atoms with E-state index in [4.69, 9.17) is 9.97 Å². The number of hydrogen-bond donors (Lipinski definition) is 2. The lowest BCUT2D eigenvalue weighted by atomic mass is 10.0. The van der Waals surface area contributed by atoms with E-state index in [0.29, 0.717) is 22.7 Å². The van der Waals surface area contributed by atoms with Crippen LogP contribution in [0.5, 0.6) is 0 Å². The lowest BCUT2D eigenvalue weighted by Crippen LogP contribution is -2.19. The van der Waals surface area contributed by atoms with Gasteiger partial charge in [-0.2, -0.15) is 0 Å². The Morgan fingerprint density at radius 3 is 2.56 bits per heavy atom. The molecule has 0 fully saturated rings. The van der Waals surface area contributed by atoms with E-state index in [1.807, 2.05) is 44.2 Å². The number of fused-ring (bicyclic) bond motifs is 2. The molecule has 0 amide bonds. The third-order valence-corrected chi connectivity index (χ3v) is 5.40. The molecule has 0 bridgehead atoms. The van der Waals surface area contributed by atoms with Gasteiger partial charge in [0.2, 0.25) is 0 Å². The maximum absolute atomic E-state index is 13.3. The zero-order valence-electron chi connectivity index (χ0n) is 15.5. The van der Waals surface area contributed by atoms with Gasteiger partial charge >= 0.3 is 0 Å². The van der Waals surface area contributed by atoms with Crippen molar-refractivity contribution in [3.8, 4) is 22.5 Å². The average Bonchev–Trinajstić information content (AvgIpc) is 3.23. The van der Waals surface area contributed by atoms with Gasteiger partial charge in [0.15, 0.2) is 5.65 Å². The van der Waals surface area contributed by atoms with Crippen LogP contribution in [0.25, 0.3) is 28.2 Å². The van der Waals surface area contributed by atoms with Crippen LogP contribution >= 0.6 is 0 Å². The van der Waals surface area contributed by atoms with Crippen LogP contribution < -0.4 is 5.56 Å². The van der Waals surface area contributed by atoms with Gasteiger partial charge in [0, 0.05) is 17.0 Å². The largest absolute Gasteiger partial charge is 0.341 e. The Morgan fingerprint density at radius 2 is 1.78 bits per heavy atom. The molecule has 3 heterocycles. The predicted octanol–water partition coefficient (Wildman–Crippen LogP) is 3.58. The van der Waals surface area contributed by atoms with E-state index in [-0.39, 0.29) is 5.56 Å². The fourth-order valence-electron chi connectivity index (χ4n) is 4.08. The minimum Gasteiger partial charge on any atom is -0.341 e. The first-order valence-electron chi connectivity index (χ1n) is 9.39. The number of imidazole rings is 1. The van der Waals surface area contributed by atoms with Crippen LogP contribution in [0, 0.1) is 13.8 Å². The summed E-state index contributed by atoms with van der Waals surface area (Å²) in [6, 6.07) is 10.0. The van der Waals surface area contributed by atoms with Crippen molar-refractivity contribution in [3.05, 3.63) is 63.5 Å². The molecule has 5 rings (SSSR count). The average molecular weight is 359 g/mol. The van der Waals surface area contributed by atoms with Gasteiger partial charge < -0.3 is 4.98 Å². The van der Waals surface area contributed by atoms with Crippen LogP contribution in [0.2, 0.25) is 0 Å². The molecule has 1 aromatic carbocycles. The number of benzene rings is 1. The van der Waals surface area contributed by atoms with Crippen molar-refractivity contribution in [2.24, 2.45) is 0 Å². The minimum atomic E-state index is -0.117. The topological polar surface area (TPSA) is 78.8 Å². The van der Waals surface area contributed by atoms with Crippen molar-refractivity contribution >= 4 is 5.65 Å². The SMILES string of the molecule is Cc1nc2c(-c3ccccc3)c(C)[nH]n2c(=O)c1-c1nc2c([nH]1)CCCC2. The lowest BCUT2D eigenvalue weighted by Gasteiger charge is -2.07. The van der Waals surface area contributed by atoms with Crippen LogP contribution in [-0.4, -0.2) is 24.6 Å². The first-order valence-corrected chi connectivity index (χ1v) is 9.39. The molecule has 0 unspecified atom stereocenters. The second-order valence-electron chi connectivity index (χ2n) is 7.23. The Balaban J connectivity index is 1.75. The van der Waals surface area contributed by atoms with Crippen LogP contribution in [-0.2, 0) is 12.8 Å². The summed E-state index contributed by atoms with van der Waals surface area (Å²) in [6.45, 7) is 3.85. The quantitative estimate of drug-likeness (QED) is 0.574. The molecule has 0 saturated heterocycles. The number of rotatable bonds is 2. The number of aromatic nitrogens is 5. The fourth-order valence-corrected chi connectivity index (χ4v) is 4.08. The van der Waals surface area contributed by atoms with Crippen LogP contribution in [0.1, 0.15) is 35.6 Å². The Kier molecular flexibility index (Phi) is 3.53. The summed E-state index contributed by atoms with van der Waals surface area (Å²) in [5.41, 5.74) is 6.95. The van der Waals surface area contributed by atoms with Gasteiger partial charge in [-0.15, -0.1) is 0 Å². The van der Waals surface area contributed by atoms with Crippen molar-refractivity contribution in [1.82, 2.24) is 24.6 Å². The summed E-state index contributed by atoms with van der Waals surface area (Å²) in [4.78, 5) is 26.2. The van der Waals surface area contributed by atoms with Crippen molar-refractivity contribution < 1.29 is 0 Å². The molecule has 0 saturated carbocycles. The maximum Gasteiger partial charge on any atom is 0.283 e. The molecule has 0 atom stereocenters. The Morgan fingerprint density at radius 1 is 1.00 bits per heavy atom. The maximum atomic E-state index is 13.3. The first-order chi connectivity index (χ1) is 13.1. The number of H-pyrrole nitrogens is 2. The molecule has 0 radical (unpaired) electrons. The molecular weight excluding hydrogens is 338 g/mol. The normalized spacial score (nSPS) is 13.9. The highest BCUT2D eigenvalue weighted by atomic mass is 16.1. The van der Waals surface area contributed by atoms with Gasteiger partial charge in [0.05, 0.1) is 11.4 Å². The van der Waals surface area contributed by atoms with E-state index in [0.717, 1.165) is 47.5 Å². The van der Waals surface area contributed by atoms with E-state index in [9.17, 15) is 4.79 Å². The number of aromatic amines is 2. The molecule has 0 spiro atoms. The van der Waals surface area contributed by atoms with Crippen molar-refractivity contribution in [2.75, 3.05) is 0 Å². The van der Waals surface area contributed by atoms with Gasteiger partial charge in [-0.1, -0.05) is 30.3 Å². The van der Waals surface area contributed by atoms with Gasteiger partial charge in [0.25, 0.3) is 5.56 Å². The molecule has 0 aliphatic heterocycles. The van der Waals surface area contributed by atoms with E-state index in [1.54, 1.807) is 4.52 Å². The summed E-state index contributed by atoms with van der Waals surface area (Å²) in [5, 5.41) is 3.19. The molecule has 2 N–H and O–H groups in total. The van der Waals surface area contributed by atoms with E-state index >= 15 is 0 Å². The summed E-state index contributed by atoms with van der Waals surface area (Å²) in [5.74, 6) is 0.639. The monoisotopic (exact) mass is 359 g/mol. The van der Waals surface area contributed by atoms with Crippen molar-refractivity contribution in [2.45, 2.75) is 39.5 Å². The number of nitrogens with one attached hydrogen (secondary N) is 2. The predicted molar refractivity (Wildman–Crippen MR) is 105 cm³/mol. The smallest absolute Gasteiger partial charge is 0.283 e. The standard InChI is InChI=1S/C21H21N5O/c1-12-18(19-23-15-10-6-7-11-16(15)24-19)21(27)26-20(22-12)17(13(2)25-26)14-8-4-3-5-9-14/h3-5,8-9,25H,6-7,10-11H2,1-2H3,(H,23,24). The Bertz CT molecular complexity index is 1190. The molecular formula is C21H21N5O. The zero-order valence-corrected chi connectivity index (χ0v) is 15.5. The minimum absolute atomic E-state index is 0.117. The van der Waals surface area contributed by atoms with Crippen molar-refractivity contribution in [1.29, 1.82) is 0 Å². The molecule has 6 heteroatoms. The Labute approximate surface area is 156 Å². The summed E-state index contributed by atoms with van der Waals surface area (Å²) in [6.07, 6.45) is 4.29. The molecule has 4 aromatic rings. The highest BCUT2D eigenvalue weighted by Gasteiger charge is 2.22. The molecule has 1 aliphatic rings. The first kappa shape index (κ1) is 16.1. The number of aryl methyl sites for hydroxylation is 4. The van der Waals surface area contributed by atoms with Gasteiger partial charge in [0.1, 0.15) is 11.4 Å². The Hall–Kier alpha value is -3.15. The van der Waals surface area contributed by atoms with Crippen LogP contribution in [0.15, 0.2) is 35.1 Å². The van der Waals surface area contributed by atoms with Crippen molar-refractivity contribution in [3.63, 3.8) is 0 Å². The lowest BCUT2D eigenvalue weighted by molar-refractivity contribution is 0.667. The third kappa shape index (κ3) is 2.44. The zero-order chi connectivity index (χ0) is 18.5. The summed E-state index contributed by atoms with van der Waals surface area (Å²) < 4.78 is 1.54. The summed E-state index contributed by atoms with van der Waals surface area (Å²) in [7, 11) is 0. The second-order valence-corrected chi connectivity index (χ2v) is 7.23.